The highest BCUT2D eigenvalue weighted by Gasteiger charge is 2.24. The molecule has 0 aromatic carbocycles. The number of carbonyl (C=O) groups is 1. The highest BCUT2D eigenvalue weighted by atomic mass is 32.2. The van der Waals surface area contributed by atoms with Crippen LogP contribution in [-0.2, 0) is 10.0 Å². The second-order valence-electron chi connectivity index (χ2n) is 4.03. The van der Waals surface area contributed by atoms with Crippen molar-refractivity contribution in [1.82, 2.24) is 4.72 Å². The van der Waals surface area contributed by atoms with Crippen LogP contribution >= 0.6 is 0 Å². The SMILES string of the molecule is O=C(O)c1ccc(S(=O)(=O)NC2CC=CCC2)o1. The van der Waals surface area contributed by atoms with Crippen molar-refractivity contribution in [2.45, 2.75) is 30.4 Å². The van der Waals surface area contributed by atoms with E-state index >= 15 is 0 Å². The summed E-state index contributed by atoms with van der Waals surface area (Å²) in [4.78, 5) is 10.6. The van der Waals surface area contributed by atoms with Crippen LogP contribution in [0.3, 0.4) is 0 Å². The third-order valence-corrected chi connectivity index (χ3v) is 4.04. The summed E-state index contributed by atoms with van der Waals surface area (Å²) in [5.41, 5.74) is 0. The van der Waals surface area contributed by atoms with Crippen LogP contribution in [0.5, 0.6) is 0 Å². The van der Waals surface area contributed by atoms with E-state index in [1.54, 1.807) is 0 Å². The molecule has 2 N–H and O–H groups in total. The molecule has 1 aromatic heterocycles. The molecule has 0 saturated heterocycles. The Hall–Kier alpha value is -1.60. The second-order valence-corrected chi connectivity index (χ2v) is 5.67. The first-order valence-electron chi connectivity index (χ1n) is 5.49. The lowest BCUT2D eigenvalue weighted by molar-refractivity contribution is 0.0656. The van der Waals surface area contributed by atoms with E-state index in [0.717, 1.165) is 25.0 Å². The lowest BCUT2D eigenvalue weighted by atomic mass is 10.0. The number of sulfonamides is 1. The predicted octanol–water partition coefficient (Wildman–Crippen LogP) is 1.36. The van der Waals surface area contributed by atoms with Crippen molar-refractivity contribution in [1.29, 1.82) is 0 Å². The number of hydrogen-bond donors (Lipinski definition) is 2. The van der Waals surface area contributed by atoms with E-state index in [4.69, 9.17) is 9.52 Å². The summed E-state index contributed by atoms with van der Waals surface area (Å²) < 4.78 is 31.1. The van der Waals surface area contributed by atoms with Crippen LogP contribution in [0.4, 0.5) is 0 Å². The molecule has 1 aliphatic carbocycles. The van der Waals surface area contributed by atoms with Gasteiger partial charge in [0.1, 0.15) is 0 Å². The number of hydrogen-bond acceptors (Lipinski definition) is 4. The van der Waals surface area contributed by atoms with Crippen molar-refractivity contribution in [3.8, 4) is 0 Å². The number of carboxylic acids is 1. The molecule has 98 valence electrons. The van der Waals surface area contributed by atoms with Crippen LogP contribution in [0.1, 0.15) is 29.8 Å². The van der Waals surface area contributed by atoms with E-state index in [1.165, 1.54) is 0 Å². The van der Waals surface area contributed by atoms with Gasteiger partial charge in [0.15, 0.2) is 0 Å². The first-order valence-corrected chi connectivity index (χ1v) is 6.98. The molecule has 1 atom stereocenters. The first-order chi connectivity index (χ1) is 8.49. The Morgan fingerprint density at radius 1 is 1.39 bits per heavy atom. The molecule has 1 heterocycles. The van der Waals surface area contributed by atoms with Gasteiger partial charge in [0, 0.05) is 6.04 Å². The maximum Gasteiger partial charge on any atom is 0.371 e. The number of aromatic carboxylic acids is 1. The van der Waals surface area contributed by atoms with Crippen molar-refractivity contribution in [3.05, 3.63) is 30.0 Å². The highest BCUT2D eigenvalue weighted by Crippen LogP contribution is 2.17. The summed E-state index contributed by atoms with van der Waals surface area (Å²) in [6, 6.07) is 2.10. The zero-order chi connectivity index (χ0) is 13.2. The van der Waals surface area contributed by atoms with Gasteiger partial charge >= 0.3 is 5.97 Å². The fraction of sp³-hybridized carbons (Fsp3) is 0.364. The maximum atomic E-state index is 11.9. The van der Waals surface area contributed by atoms with Crippen molar-refractivity contribution < 1.29 is 22.7 Å². The number of furan rings is 1. The molecule has 7 heteroatoms. The van der Waals surface area contributed by atoms with Gasteiger partial charge in [-0.25, -0.2) is 17.9 Å². The average Bonchev–Trinajstić information content (AvgIpc) is 2.79. The molecule has 0 radical (unpaired) electrons. The minimum absolute atomic E-state index is 0.168. The molecule has 18 heavy (non-hydrogen) atoms. The van der Waals surface area contributed by atoms with E-state index in [9.17, 15) is 13.2 Å². The molecular weight excluding hydrogens is 258 g/mol. The topological polar surface area (TPSA) is 96.6 Å². The molecule has 0 amide bonds. The Labute approximate surface area is 104 Å². The van der Waals surface area contributed by atoms with E-state index in [1.807, 2.05) is 12.2 Å². The molecule has 1 aliphatic rings. The molecular formula is C11H13NO5S. The summed E-state index contributed by atoms with van der Waals surface area (Å²) in [6.07, 6.45) is 6.10. The normalized spacial score (nSPS) is 19.9. The number of nitrogens with one attached hydrogen (secondary N) is 1. The minimum Gasteiger partial charge on any atom is -0.475 e. The van der Waals surface area contributed by atoms with Gasteiger partial charge in [0.25, 0.3) is 10.0 Å². The van der Waals surface area contributed by atoms with E-state index in [0.29, 0.717) is 6.42 Å². The Kier molecular flexibility index (Phi) is 3.53. The molecule has 1 aromatic rings. The Bertz CT molecular complexity index is 572. The standard InChI is InChI=1S/C11H13NO5S/c13-11(14)9-6-7-10(17-9)18(15,16)12-8-4-2-1-3-5-8/h1-2,6-8,12H,3-5H2,(H,13,14). The molecule has 2 rings (SSSR count). The van der Waals surface area contributed by atoms with Gasteiger partial charge < -0.3 is 9.52 Å². The van der Waals surface area contributed by atoms with Crippen LogP contribution in [0, 0.1) is 0 Å². The fourth-order valence-corrected chi connectivity index (χ4v) is 2.97. The van der Waals surface area contributed by atoms with Gasteiger partial charge in [-0.2, -0.15) is 0 Å². The molecule has 6 nitrogen and oxygen atoms in total. The lowest BCUT2D eigenvalue weighted by Gasteiger charge is -2.18. The Morgan fingerprint density at radius 3 is 2.72 bits per heavy atom. The smallest absolute Gasteiger partial charge is 0.371 e. The van der Waals surface area contributed by atoms with Crippen LogP contribution in [0.15, 0.2) is 33.8 Å². The molecule has 0 bridgehead atoms. The van der Waals surface area contributed by atoms with Crippen LogP contribution in [-0.4, -0.2) is 25.5 Å². The molecule has 0 aliphatic heterocycles. The van der Waals surface area contributed by atoms with Crippen molar-refractivity contribution >= 4 is 16.0 Å². The summed E-state index contributed by atoms with van der Waals surface area (Å²) in [5, 5.41) is 8.30. The van der Waals surface area contributed by atoms with Crippen LogP contribution in [0.25, 0.3) is 0 Å². The van der Waals surface area contributed by atoms with Gasteiger partial charge in [-0.3, -0.25) is 0 Å². The minimum atomic E-state index is -3.79. The summed E-state index contributed by atoms with van der Waals surface area (Å²) in [7, 11) is -3.79. The van der Waals surface area contributed by atoms with Gasteiger partial charge in [-0.05, 0) is 31.4 Å². The Morgan fingerprint density at radius 2 is 2.17 bits per heavy atom. The number of allylic oxidation sites excluding steroid dienone is 1. The van der Waals surface area contributed by atoms with Crippen molar-refractivity contribution in [2.75, 3.05) is 0 Å². The van der Waals surface area contributed by atoms with E-state index < -0.39 is 16.0 Å². The summed E-state index contributed by atoms with van der Waals surface area (Å²) in [6.45, 7) is 0. The van der Waals surface area contributed by atoms with Crippen LogP contribution < -0.4 is 4.72 Å². The zero-order valence-electron chi connectivity index (χ0n) is 9.50. The quantitative estimate of drug-likeness (QED) is 0.806. The third-order valence-electron chi connectivity index (χ3n) is 2.65. The molecule has 1 unspecified atom stereocenters. The summed E-state index contributed by atoms with van der Waals surface area (Å²) >= 11 is 0. The van der Waals surface area contributed by atoms with E-state index in [2.05, 4.69) is 4.72 Å². The van der Waals surface area contributed by atoms with Gasteiger partial charge in [-0.15, -0.1) is 0 Å². The molecule has 0 saturated carbocycles. The highest BCUT2D eigenvalue weighted by molar-refractivity contribution is 7.89. The second kappa shape index (κ2) is 4.95. The summed E-state index contributed by atoms with van der Waals surface area (Å²) in [5.74, 6) is -1.68. The molecule has 0 fully saturated rings. The average molecular weight is 271 g/mol. The van der Waals surface area contributed by atoms with Crippen molar-refractivity contribution in [2.24, 2.45) is 0 Å². The first kappa shape index (κ1) is 12.8. The van der Waals surface area contributed by atoms with Crippen LogP contribution in [0.2, 0.25) is 0 Å². The lowest BCUT2D eigenvalue weighted by Crippen LogP contribution is -2.35. The third kappa shape index (κ3) is 2.80. The van der Waals surface area contributed by atoms with Gasteiger partial charge in [0.2, 0.25) is 10.9 Å². The molecule has 0 spiro atoms. The number of rotatable bonds is 4. The fourth-order valence-electron chi connectivity index (χ4n) is 1.76. The van der Waals surface area contributed by atoms with Gasteiger partial charge in [-0.1, -0.05) is 12.2 Å². The number of carboxylic acid groups (broad SMARTS) is 1. The van der Waals surface area contributed by atoms with Crippen molar-refractivity contribution in [3.63, 3.8) is 0 Å². The monoisotopic (exact) mass is 271 g/mol. The van der Waals surface area contributed by atoms with E-state index in [-0.39, 0.29) is 16.9 Å². The predicted molar refractivity (Wildman–Crippen MR) is 62.8 cm³/mol. The van der Waals surface area contributed by atoms with Gasteiger partial charge in [0.05, 0.1) is 0 Å². The maximum absolute atomic E-state index is 11.9. The Balaban J connectivity index is 2.14. The zero-order valence-corrected chi connectivity index (χ0v) is 10.3. The largest absolute Gasteiger partial charge is 0.475 e.